The minimum absolute atomic E-state index is 0.221. The van der Waals surface area contributed by atoms with E-state index in [9.17, 15) is 0 Å². The molecule has 0 spiro atoms. The standard InChI is InChI=1S/C11H19NOS/c1-5-13-9(3)11(12-4)10-6-8(2)14-7-10/h6-7,9,11-12H,5H2,1-4H3. The van der Waals surface area contributed by atoms with Crippen molar-refractivity contribution in [2.24, 2.45) is 0 Å². The van der Waals surface area contributed by atoms with Crippen molar-refractivity contribution in [3.8, 4) is 0 Å². The maximum atomic E-state index is 5.60. The molecule has 1 rings (SSSR count). The number of likely N-dealkylation sites (N-methyl/N-ethyl adjacent to an activating group) is 1. The third-order valence-corrected chi connectivity index (χ3v) is 3.20. The number of hydrogen-bond donors (Lipinski definition) is 1. The van der Waals surface area contributed by atoms with Crippen molar-refractivity contribution in [3.05, 3.63) is 21.9 Å². The molecule has 0 bridgehead atoms. The van der Waals surface area contributed by atoms with Crippen molar-refractivity contribution in [3.63, 3.8) is 0 Å². The minimum Gasteiger partial charge on any atom is -0.377 e. The van der Waals surface area contributed by atoms with Crippen molar-refractivity contribution < 1.29 is 4.74 Å². The zero-order chi connectivity index (χ0) is 10.6. The summed E-state index contributed by atoms with van der Waals surface area (Å²) in [4.78, 5) is 1.35. The van der Waals surface area contributed by atoms with E-state index in [2.05, 4.69) is 30.6 Å². The van der Waals surface area contributed by atoms with E-state index in [0.29, 0.717) is 6.04 Å². The smallest absolute Gasteiger partial charge is 0.0741 e. The van der Waals surface area contributed by atoms with Crippen molar-refractivity contribution in [2.45, 2.75) is 32.9 Å². The summed E-state index contributed by atoms with van der Waals surface area (Å²) in [5.74, 6) is 0. The van der Waals surface area contributed by atoms with Gasteiger partial charge in [0.05, 0.1) is 12.1 Å². The van der Waals surface area contributed by atoms with Gasteiger partial charge in [-0.3, -0.25) is 0 Å². The lowest BCUT2D eigenvalue weighted by Gasteiger charge is -2.22. The van der Waals surface area contributed by atoms with Crippen molar-refractivity contribution in [2.75, 3.05) is 13.7 Å². The molecule has 2 nitrogen and oxygen atoms in total. The zero-order valence-corrected chi connectivity index (χ0v) is 10.1. The first-order chi connectivity index (χ1) is 6.69. The predicted molar refractivity (Wildman–Crippen MR) is 61.9 cm³/mol. The van der Waals surface area contributed by atoms with E-state index in [-0.39, 0.29) is 6.10 Å². The Kier molecular flexibility index (Phi) is 4.58. The highest BCUT2D eigenvalue weighted by Crippen LogP contribution is 2.23. The fraction of sp³-hybridized carbons (Fsp3) is 0.636. The van der Waals surface area contributed by atoms with Crippen LogP contribution in [0.1, 0.15) is 30.3 Å². The molecule has 0 aromatic carbocycles. The Bertz CT molecular complexity index is 272. The van der Waals surface area contributed by atoms with Crippen LogP contribution in [0.25, 0.3) is 0 Å². The monoisotopic (exact) mass is 213 g/mol. The molecule has 2 unspecified atom stereocenters. The van der Waals surface area contributed by atoms with E-state index >= 15 is 0 Å². The molecule has 0 aliphatic carbocycles. The SMILES string of the molecule is CCOC(C)C(NC)c1csc(C)c1. The molecule has 1 aromatic heterocycles. The molecule has 0 aliphatic rings. The van der Waals surface area contributed by atoms with Crippen LogP contribution in [-0.4, -0.2) is 19.8 Å². The molecule has 0 fully saturated rings. The van der Waals surface area contributed by atoms with Gasteiger partial charge in [-0.15, -0.1) is 11.3 Å². The molecule has 0 radical (unpaired) electrons. The summed E-state index contributed by atoms with van der Waals surface area (Å²) in [6, 6.07) is 2.53. The number of aryl methyl sites for hydroxylation is 1. The molecule has 80 valence electrons. The first kappa shape index (κ1) is 11.7. The molecular weight excluding hydrogens is 194 g/mol. The summed E-state index contributed by atoms with van der Waals surface area (Å²) >= 11 is 1.79. The van der Waals surface area contributed by atoms with Gasteiger partial charge in [-0.1, -0.05) is 0 Å². The Morgan fingerprint density at radius 3 is 2.71 bits per heavy atom. The van der Waals surface area contributed by atoms with Crippen molar-refractivity contribution >= 4 is 11.3 Å². The first-order valence-corrected chi connectivity index (χ1v) is 5.91. The van der Waals surface area contributed by atoms with Gasteiger partial charge in [-0.2, -0.15) is 0 Å². The third-order valence-electron chi connectivity index (χ3n) is 2.32. The highest BCUT2D eigenvalue weighted by molar-refractivity contribution is 7.10. The predicted octanol–water partition coefficient (Wildman–Crippen LogP) is 2.74. The fourth-order valence-electron chi connectivity index (χ4n) is 1.66. The topological polar surface area (TPSA) is 21.3 Å². The van der Waals surface area contributed by atoms with Gasteiger partial charge in [-0.05, 0) is 44.8 Å². The Morgan fingerprint density at radius 1 is 1.57 bits per heavy atom. The zero-order valence-electron chi connectivity index (χ0n) is 9.33. The van der Waals surface area contributed by atoms with E-state index in [0.717, 1.165) is 6.61 Å². The molecule has 1 aromatic rings. The number of hydrogen-bond acceptors (Lipinski definition) is 3. The normalized spacial score (nSPS) is 15.4. The molecule has 0 saturated heterocycles. The Balaban J connectivity index is 2.71. The highest BCUT2D eigenvalue weighted by Gasteiger charge is 2.18. The summed E-state index contributed by atoms with van der Waals surface area (Å²) in [7, 11) is 1.98. The molecule has 1 heterocycles. The molecule has 14 heavy (non-hydrogen) atoms. The lowest BCUT2D eigenvalue weighted by molar-refractivity contribution is 0.0494. The van der Waals surface area contributed by atoms with Gasteiger partial charge in [0.25, 0.3) is 0 Å². The lowest BCUT2D eigenvalue weighted by atomic mass is 10.1. The largest absolute Gasteiger partial charge is 0.377 e. The van der Waals surface area contributed by atoms with Crippen LogP contribution in [0.5, 0.6) is 0 Å². The van der Waals surface area contributed by atoms with Gasteiger partial charge in [-0.25, -0.2) is 0 Å². The highest BCUT2D eigenvalue weighted by atomic mass is 32.1. The van der Waals surface area contributed by atoms with Gasteiger partial charge in [0.2, 0.25) is 0 Å². The second-order valence-corrected chi connectivity index (χ2v) is 4.53. The molecule has 1 N–H and O–H groups in total. The first-order valence-electron chi connectivity index (χ1n) is 5.03. The maximum Gasteiger partial charge on any atom is 0.0741 e. The van der Waals surface area contributed by atoms with Crippen LogP contribution in [0.3, 0.4) is 0 Å². The van der Waals surface area contributed by atoms with Crippen LogP contribution in [-0.2, 0) is 4.74 Å². The van der Waals surface area contributed by atoms with E-state index in [1.165, 1.54) is 10.4 Å². The van der Waals surface area contributed by atoms with Crippen LogP contribution in [0.15, 0.2) is 11.4 Å². The van der Waals surface area contributed by atoms with Gasteiger partial charge in [0.15, 0.2) is 0 Å². The Morgan fingerprint density at radius 2 is 2.29 bits per heavy atom. The van der Waals surface area contributed by atoms with E-state index in [1.54, 1.807) is 11.3 Å². The summed E-state index contributed by atoms with van der Waals surface area (Å²) in [5.41, 5.74) is 1.33. The van der Waals surface area contributed by atoms with Gasteiger partial charge < -0.3 is 10.1 Å². The van der Waals surface area contributed by atoms with E-state index < -0.39 is 0 Å². The molecule has 3 heteroatoms. The van der Waals surface area contributed by atoms with E-state index in [4.69, 9.17) is 4.74 Å². The lowest BCUT2D eigenvalue weighted by Crippen LogP contribution is -2.29. The third kappa shape index (κ3) is 2.80. The van der Waals surface area contributed by atoms with Crippen LogP contribution >= 0.6 is 11.3 Å². The summed E-state index contributed by atoms with van der Waals surface area (Å²) in [5, 5.41) is 5.50. The van der Waals surface area contributed by atoms with Crippen molar-refractivity contribution in [1.82, 2.24) is 5.32 Å². The quantitative estimate of drug-likeness (QED) is 0.812. The maximum absolute atomic E-state index is 5.60. The summed E-state index contributed by atoms with van der Waals surface area (Å²) < 4.78 is 5.60. The number of rotatable bonds is 5. The molecule has 0 aliphatic heterocycles. The van der Waals surface area contributed by atoms with E-state index in [1.807, 2.05) is 14.0 Å². The second-order valence-electron chi connectivity index (χ2n) is 3.42. The van der Waals surface area contributed by atoms with Crippen LogP contribution in [0.4, 0.5) is 0 Å². The van der Waals surface area contributed by atoms with Gasteiger partial charge >= 0.3 is 0 Å². The fourth-order valence-corrected chi connectivity index (χ4v) is 2.40. The summed E-state index contributed by atoms with van der Waals surface area (Å²) in [6.07, 6.45) is 0.221. The number of nitrogens with one attached hydrogen (secondary N) is 1. The summed E-state index contributed by atoms with van der Waals surface area (Å²) in [6.45, 7) is 7.04. The average molecular weight is 213 g/mol. The number of thiophene rings is 1. The van der Waals surface area contributed by atoms with Crippen LogP contribution < -0.4 is 5.32 Å². The average Bonchev–Trinajstić information content (AvgIpc) is 2.54. The number of ether oxygens (including phenoxy) is 1. The second kappa shape index (κ2) is 5.49. The molecule has 0 saturated carbocycles. The van der Waals surface area contributed by atoms with Crippen LogP contribution in [0, 0.1) is 6.92 Å². The van der Waals surface area contributed by atoms with Gasteiger partial charge in [0, 0.05) is 11.5 Å². The molecule has 0 amide bonds. The Hall–Kier alpha value is -0.380. The minimum atomic E-state index is 0.221. The van der Waals surface area contributed by atoms with Crippen molar-refractivity contribution in [1.29, 1.82) is 0 Å². The molecule has 2 atom stereocenters. The Labute approximate surface area is 90.3 Å². The van der Waals surface area contributed by atoms with Crippen LogP contribution in [0.2, 0.25) is 0 Å². The van der Waals surface area contributed by atoms with Gasteiger partial charge in [0.1, 0.15) is 0 Å². The molecular formula is C11H19NOS.